The molecule has 0 radical (unpaired) electrons. The van der Waals surface area contributed by atoms with E-state index in [-0.39, 0.29) is 17.5 Å². The maximum atomic E-state index is 13.7. The van der Waals surface area contributed by atoms with E-state index in [0.29, 0.717) is 6.54 Å². The number of hydrogen-bond donors (Lipinski definition) is 2. The molecule has 21 heavy (non-hydrogen) atoms. The summed E-state index contributed by atoms with van der Waals surface area (Å²) in [4.78, 5) is 12.2. The Bertz CT molecular complexity index is 684. The predicted molar refractivity (Wildman–Crippen MR) is 81.0 cm³/mol. The van der Waals surface area contributed by atoms with E-state index in [2.05, 4.69) is 10.6 Å². The van der Waals surface area contributed by atoms with Crippen LogP contribution in [0.5, 0.6) is 0 Å². The molecule has 0 fully saturated rings. The van der Waals surface area contributed by atoms with Crippen molar-refractivity contribution in [3.8, 4) is 0 Å². The predicted octanol–water partition coefficient (Wildman–Crippen LogP) is 2.90. The van der Waals surface area contributed by atoms with Gasteiger partial charge < -0.3 is 10.6 Å². The number of anilines is 1. The molecule has 1 amide bonds. The first-order valence-electron chi connectivity index (χ1n) is 7.02. The fraction of sp³-hybridized carbons (Fsp3) is 0.235. The zero-order valence-corrected chi connectivity index (χ0v) is 11.8. The van der Waals surface area contributed by atoms with E-state index >= 15 is 0 Å². The topological polar surface area (TPSA) is 41.1 Å². The quantitative estimate of drug-likeness (QED) is 0.890. The maximum absolute atomic E-state index is 13.7. The third-order valence-electron chi connectivity index (χ3n) is 3.72. The zero-order valence-electron chi connectivity index (χ0n) is 11.8. The number of halogens is 1. The Hall–Kier alpha value is -2.36. The van der Waals surface area contributed by atoms with Gasteiger partial charge in [-0.3, -0.25) is 4.79 Å². The number of carbonyl (C=O) groups is 1. The molecule has 108 valence electrons. The second-order valence-corrected chi connectivity index (χ2v) is 5.40. The Balaban J connectivity index is 1.73. The van der Waals surface area contributed by atoms with Gasteiger partial charge in [-0.15, -0.1) is 0 Å². The van der Waals surface area contributed by atoms with Crippen molar-refractivity contribution < 1.29 is 9.18 Å². The summed E-state index contributed by atoms with van der Waals surface area (Å²) in [7, 11) is 0. The summed E-state index contributed by atoms with van der Waals surface area (Å²) in [6, 6.07) is 12.5. The normalized spacial score (nSPS) is 16.8. The van der Waals surface area contributed by atoms with Crippen LogP contribution in [0.4, 0.5) is 10.1 Å². The summed E-state index contributed by atoms with van der Waals surface area (Å²) < 4.78 is 13.7. The van der Waals surface area contributed by atoms with Crippen molar-refractivity contribution in [2.75, 3.05) is 11.9 Å². The average Bonchev–Trinajstić information content (AvgIpc) is 2.49. The number of amides is 1. The Morgan fingerprint density at radius 2 is 2.10 bits per heavy atom. The lowest BCUT2D eigenvalue weighted by Gasteiger charge is -2.27. The van der Waals surface area contributed by atoms with Gasteiger partial charge in [0.15, 0.2) is 0 Å². The van der Waals surface area contributed by atoms with Gasteiger partial charge in [0.1, 0.15) is 5.82 Å². The fourth-order valence-corrected chi connectivity index (χ4v) is 2.62. The van der Waals surface area contributed by atoms with Crippen LogP contribution in [0.15, 0.2) is 42.5 Å². The number of rotatable bonds is 2. The minimum Gasteiger partial charge on any atom is -0.383 e. The van der Waals surface area contributed by atoms with Crippen LogP contribution >= 0.6 is 0 Å². The van der Waals surface area contributed by atoms with Crippen LogP contribution in [0.3, 0.4) is 0 Å². The Kier molecular flexibility index (Phi) is 3.60. The lowest BCUT2D eigenvalue weighted by atomic mass is 9.99. The zero-order chi connectivity index (χ0) is 14.8. The molecule has 2 aromatic rings. The average molecular weight is 284 g/mol. The number of hydrogen-bond acceptors (Lipinski definition) is 2. The van der Waals surface area contributed by atoms with E-state index in [1.54, 1.807) is 12.1 Å². The minimum absolute atomic E-state index is 0.0349. The van der Waals surface area contributed by atoms with Crippen LogP contribution in [0.1, 0.15) is 21.5 Å². The Labute approximate surface area is 123 Å². The van der Waals surface area contributed by atoms with Crippen molar-refractivity contribution in [1.29, 1.82) is 0 Å². The number of nitrogens with one attached hydrogen (secondary N) is 2. The number of fused-ring (bicyclic) bond motifs is 1. The van der Waals surface area contributed by atoms with Gasteiger partial charge in [-0.05, 0) is 37.1 Å². The number of carbonyl (C=O) groups excluding carboxylic acids is 1. The summed E-state index contributed by atoms with van der Waals surface area (Å²) in [5.74, 6) is -0.843. The van der Waals surface area contributed by atoms with Crippen LogP contribution in [-0.2, 0) is 6.42 Å². The SMILES string of the molecule is Cc1ccc(F)c(C(=O)NC2CNc3ccccc3C2)c1. The highest BCUT2D eigenvalue weighted by molar-refractivity contribution is 5.95. The van der Waals surface area contributed by atoms with Crippen LogP contribution in [0.25, 0.3) is 0 Å². The van der Waals surface area contributed by atoms with Crippen molar-refractivity contribution in [3.05, 3.63) is 65.0 Å². The molecule has 1 atom stereocenters. The van der Waals surface area contributed by atoms with Crippen molar-refractivity contribution in [2.24, 2.45) is 0 Å². The smallest absolute Gasteiger partial charge is 0.254 e. The molecule has 1 heterocycles. The van der Waals surface area contributed by atoms with Gasteiger partial charge in [0.05, 0.1) is 11.6 Å². The van der Waals surface area contributed by atoms with Crippen molar-refractivity contribution in [1.82, 2.24) is 5.32 Å². The van der Waals surface area contributed by atoms with Crippen LogP contribution in [0, 0.1) is 12.7 Å². The summed E-state index contributed by atoms with van der Waals surface area (Å²) in [5.41, 5.74) is 3.24. The molecule has 0 aliphatic carbocycles. The standard InChI is InChI=1S/C17H17FN2O/c1-11-6-7-15(18)14(8-11)17(21)20-13-9-12-4-2-3-5-16(12)19-10-13/h2-8,13,19H,9-10H2,1H3,(H,20,21). The molecule has 2 aromatic carbocycles. The molecular weight excluding hydrogens is 267 g/mol. The molecule has 3 nitrogen and oxygen atoms in total. The first kappa shape index (κ1) is 13.6. The second kappa shape index (κ2) is 5.56. The lowest BCUT2D eigenvalue weighted by molar-refractivity contribution is 0.0934. The van der Waals surface area contributed by atoms with Gasteiger partial charge in [0, 0.05) is 12.2 Å². The molecular formula is C17H17FN2O. The highest BCUT2D eigenvalue weighted by Gasteiger charge is 2.21. The monoisotopic (exact) mass is 284 g/mol. The number of benzene rings is 2. The van der Waals surface area contributed by atoms with Gasteiger partial charge in [-0.25, -0.2) is 4.39 Å². The Morgan fingerprint density at radius 3 is 2.95 bits per heavy atom. The highest BCUT2D eigenvalue weighted by atomic mass is 19.1. The molecule has 0 spiro atoms. The van der Waals surface area contributed by atoms with Crippen molar-refractivity contribution >= 4 is 11.6 Å². The van der Waals surface area contributed by atoms with E-state index in [0.717, 1.165) is 17.7 Å². The van der Waals surface area contributed by atoms with Crippen LogP contribution in [0.2, 0.25) is 0 Å². The molecule has 2 N–H and O–H groups in total. The van der Waals surface area contributed by atoms with Gasteiger partial charge in [-0.1, -0.05) is 29.8 Å². The van der Waals surface area contributed by atoms with Crippen LogP contribution in [-0.4, -0.2) is 18.5 Å². The Morgan fingerprint density at radius 1 is 1.29 bits per heavy atom. The first-order valence-corrected chi connectivity index (χ1v) is 7.02. The number of para-hydroxylation sites is 1. The van der Waals surface area contributed by atoms with E-state index in [4.69, 9.17) is 0 Å². The second-order valence-electron chi connectivity index (χ2n) is 5.40. The van der Waals surface area contributed by atoms with E-state index in [1.807, 2.05) is 31.2 Å². The molecule has 0 saturated heterocycles. The molecule has 1 unspecified atom stereocenters. The van der Waals surface area contributed by atoms with E-state index < -0.39 is 5.82 Å². The minimum atomic E-state index is -0.484. The summed E-state index contributed by atoms with van der Waals surface area (Å²) >= 11 is 0. The molecule has 3 rings (SSSR count). The molecule has 1 aliphatic heterocycles. The van der Waals surface area contributed by atoms with Crippen molar-refractivity contribution in [2.45, 2.75) is 19.4 Å². The third kappa shape index (κ3) is 2.89. The summed E-state index contributed by atoms with van der Waals surface area (Å²) in [6.07, 6.45) is 0.752. The fourth-order valence-electron chi connectivity index (χ4n) is 2.62. The molecule has 0 saturated carbocycles. The van der Waals surface area contributed by atoms with Gasteiger partial charge in [0.2, 0.25) is 0 Å². The van der Waals surface area contributed by atoms with Gasteiger partial charge in [0.25, 0.3) is 5.91 Å². The summed E-state index contributed by atoms with van der Waals surface area (Å²) in [5, 5.41) is 6.19. The molecule has 0 bridgehead atoms. The molecule has 4 heteroatoms. The third-order valence-corrected chi connectivity index (χ3v) is 3.72. The van der Waals surface area contributed by atoms with E-state index in [1.165, 1.54) is 11.6 Å². The largest absolute Gasteiger partial charge is 0.383 e. The number of aryl methyl sites for hydroxylation is 1. The van der Waals surface area contributed by atoms with E-state index in [9.17, 15) is 9.18 Å². The van der Waals surface area contributed by atoms with Gasteiger partial charge >= 0.3 is 0 Å². The molecule has 1 aliphatic rings. The summed E-state index contributed by atoms with van der Waals surface area (Å²) in [6.45, 7) is 2.49. The lowest BCUT2D eigenvalue weighted by Crippen LogP contribution is -2.43. The van der Waals surface area contributed by atoms with Gasteiger partial charge in [-0.2, -0.15) is 0 Å². The first-order chi connectivity index (χ1) is 10.1. The maximum Gasteiger partial charge on any atom is 0.254 e. The molecule has 0 aromatic heterocycles. The van der Waals surface area contributed by atoms with Crippen molar-refractivity contribution in [3.63, 3.8) is 0 Å². The van der Waals surface area contributed by atoms with Crippen LogP contribution < -0.4 is 10.6 Å². The highest BCUT2D eigenvalue weighted by Crippen LogP contribution is 2.21.